The smallest absolute Gasteiger partial charge is 0.213 e. The van der Waals surface area contributed by atoms with E-state index in [1.165, 1.54) is 37.6 Å². The van der Waals surface area contributed by atoms with Crippen molar-refractivity contribution in [3.05, 3.63) is 71.8 Å². The minimum atomic E-state index is -0.276. The van der Waals surface area contributed by atoms with Gasteiger partial charge >= 0.3 is 0 Å². The molecule has 1 aliphatic heterocycles. The van der Waals surface area contributed by atoms with Gasteiger partial charge in [-0.1, -0.05) is 12.1 Å². The molecule has 0 atom stereocenters. The SMILES string of the molecule is O=C(C=CN1CCCCC1)c1ccc(OCc2ccc(F)cc2)nc1. The maximum absolute atomic E-state index is 12.9. The second-order valence-corrected chi connectivity index (χ2v) is 6.08. The van der Waals surface area contributed by atoms with Crippen molar-refractivity contribution in [3.63, 3.8) is 0 Å². The minimum absolute atomic E-state index is 0.0665. The lowest BCUT2D eigenvalue weighted by molar-refractivity contribution is 0.104. The lowest BCUT2D eigenvalue weighted by Gasteiger charge is -2.24. The van der Waals surface area contributed by atoms with Crippen LogP contribution in [-0.4, -0.2) is 28.8 Å². The monoisotopic (exact) mass is 340 g/mol. The number of pyridine rings is 1. The molecule has 1 aromatic heterocycles. The first-order valence-corrected chi connectivity index (χ1v) is 8.50. The van der Waals surface area contributed by atoms with Crippen LogP contribution in [0.4, 0.5) is 4.39 Å². The van der Waals surface area contributed by atoms with Crippen molar-refractivity contribution in [1.29, 1.82) is 0 Å². The summed E-state index contributed by atoms with van der Waals surface area (Å²) in [5, 5.41) is 0. The summed E-state index contributed by atoms with van der Waals surface area (Å²) < 4.78 is 18.4. The molecule has 25 heavy (non-hydrogen) atoms. The summed E-state index contributed by atoms with van der Waals surface area (Å²) >= 11 is 0. The standard InChI is InChI=1S/C20H21FN2O2/c21-18-7-4-16(5-8-18)15-25-20-9-6-17(14-22-20)19(24)10-13-23-11-2-1-3-12-23/h4-10,13-14H,1-3,11-12,15H2. The van der Waals surface area contributed by atoms with E-state index in [1.54, 1.807) is 30.3 Å². The lowest BCUT2D eigenvalue weighted by Crippen LogP contribution is -2.24. The molecule has 0 N–H and O–H groups in total. The van der Waals surface area contributed by atoms with Gasteiger partial charge in [-0.05, 0) is 43.0 Å². The lowest BCUT2D eigenvalue weighted by atomic mass is 10.1. The van der Waals surface area contributed by atoms with E-state index in [4.69, 9.17) is 4.74 Å². The number of hydrogen-bond acceptors (Lipinski definition) is 4. The molecule has 2 heterocycles. The van der Waals surface area contributed by atoms with Crippen LogP contribution in [0.1, 0.15) is 35.2 Å². The first kappa shape index (κ1) is 17.1. The normalized spacial score (nSPS) is 14.7. The van der Waals surface area contributed by atoms with E-state index in [0.29, 0.717) is 18.1 Å². The molecule has 5 heteroatoms. The number of carbonyl (C=O) groups is 1. The summed E-state index contributed by atoms with van der Waals surface area (Å²) in [6.07, 6.45) is 8.62. The van der Waals surface area contributed by atoms with Crippen LogP contribution in [0.3, 0.4) is 0 Å². The summed E-state index contributed by atoms with van der Waals surface area (Å²) in [5.74, 6) is 0.0893. The third kappa shape index (κ3) is 5.14. The highest BCUT2D eigenvalue weighted by molar-refractivity contribution is 6.04. The van der Waals surface area contributed by atoms with Crippen LogP contribution in [-0.2, 0) is 6.61 Å². The molecule has 0 unspecified atom stereocenters. The molecule has 0 saturated carbocycles. The van der Waals surface area contributed by atoms with Gasteiger partial charge in [0.15, 0.2) is 5.78 Å². The van der Waals surface area contributed by atoms with Crippen molar-refractivity contribution in [2.45, 2.75) is 25.9 Å². The maximum Gasteiger partial charge on any atom is 0.213 e. The van der Waals surface area contributed by atoms with Gasteiger partial charge in [0.25, 0.3) is 0 Å². The number of nitrogens with zero attached hydrogens (tertiary/aromatic N) is 2. The molecular weight excluding hydrogens is 319 g/mol. The molecule has 1 aromatic carbocycles. The Kier molecular flexibility index (Phi) is 5.77. The van der Waals surface area contributed by atoms with Crippen LogP contribution in [0, 0.1) is 5.82 Å². The van der Waals surface area contributed by atoms with Crippen LogP contribution >= 0.6 is 0 Å². The van der Waals surface area contributed by atoms with E-state index in [2.05, 4.69) is 9.88 Å². The summed E-state index contributed by atoms with van der Waals surface area (Å²) in [6.45, 7) is 2.33. The van der Waals surface area contributed by atoms with Gasteiger partial charge in [0.1, 0.15) is 12.4 Å². The quantitative estimate of drug-likeness (QED) is 0.589. The predicted octanol–water partition coefficient (Wildman–Crippen LogP) is 3.98. The molecule has 1 aliphatic rings. The van der Waals surface area contributed by atoms with E-state index in [1.807, 2.05) is 6.20 Å². The number of hydrogen-bond donors (Lipinski definition) is 0. The zero-order valence-corrected chi connectivity index (χ0v) is 14.0. The van der Waals surface area contributed by atoms with Crippen molar-refractivity contribution in [1.82, 2.24) is 9.88 Å². The number of ketones is 1. The number of ether oxygens (including phenoxy) is 1. The molecule has 0 radical (unpaired) electrons. The van der Waals surface area contributed by atoms with Gasteiger partial charge in [-0.2, -0.15) is 0 Å². The number of likely N-dealkylation sites (tertiary alicyclic amines) is 1. The Morgan fingerprint density at radius 1 is 1.12 bits per heavy atom. The Morgan fingerprint density at radius 2 is 1.88 bits per heavy atom. The summed E-state index contributed by atoms with van der Waals surface area (Å²) in [4.78, 5) is 18.5. The molecule has 0 amide bonds. The van der Waals surface area contributed by atoms with E-state index in [-0.39, 0.29) is 11.6 Å². The highest BCUT2D eigenvalue weighted by atomic mass is 19.1. The van der Waals surface area contributed by atoms with Crippen molar-refractivity contribution in [2.75, 3.05) is 13.1 Å². The number of carbonyl (C=O) groups excluding carboxylic acids is 1. The largest absolute Gasteiger partial charge is 0.473 e. The number of rotatable bonds is 6. The van der Waals surface area contributed by atoms with E-state index in [9.17, 15) is 9.18 Å². The molecule has 0 spiro atoms. The van der Waals surface area contributed by atoms with Gasteiger partial charge in [0, 0.05) is 43.2 Å². The average Bonchev–Trinajstić information content (AvgIpc) is 2.67. The van der Waals surface area contributed by atoms with Gasteiger partial charge in [-0.3, -0.25) is 4.79 Å². The first-order chi connectivity index (χ1) is 12.2. The van der Waals surface area contributed by atoms with Gasteiger partial charge in [-0.25, -0.2) is 9.37 Å². The third-order valence-electron chi connectivity index (χ3n) is 4.15. The van der Waals surface area contributed by atoms with Crippen molar-refractivity contribution in [3.8, 4) is 5.88 Å². The number of piperidine rings is 1. The fourth-order valence-corrected chi connectivity index (χ4v) is 2.69. The predicted molar refractivity (Wildman–Crippen MR) is 93.9 cm³/mol. The fraction of sp³-hybridized carbons (Fsp3) is 0.300. The Bertz CT molecular complexity index is 720. The van der Waals surface area contributed by atoms with E-state index >= 15 is 0 Å². The third-order valence-corrected chi connectivity index (χ3v) is 4.15. The van der Waals surface area contributed by atoms with Crippen molar-refractivity contribution >= 4 is 5.78 Å². The van der Waals surface area contributed by atoms with Crippen molar-refractivity contribution < 1.29 is 13.9 Å². The Hall–Kier alpha value is -2.69. The van der Waals surface area contributed by atoms with Crippen LogP contribution < -0.4 is 4.74 Å². The van der Waals surface area contributed by atoms with E-state index in [0.717, 1.165) is 18.7 Å². The molecule has 130 valence electrons. The highest BCUT2D eigenvalue weighted by Crippen LogP contribution is 2.13. The van der Waals surface area contributed by atoms with Crippen LogP contribution in [0.15, 0.2) is 54.9 Å². The number of aromatic nitrogens is 1. The van der Waals surface area contributed by atoms with Crippen LogP contribution in [0.25, 0.3) is 0 Å². The van der Waals surface area contributed by atoms with Crippen LogP contribution in [0.5, 0.6) is 5.88 Å². The highest BCUT2D eigenvalue weighted by Gasteiger charge is 2.08. The number of halogens is 1. The van der Waals surface area contributed by atoms with Gasteiger partial charge in [-0.15, -0.1) is 0 Å². The molecule has 1 fully saturated rings. The molecule has 3 rings (SSSR count). The van der Waals surface area contributed by atoms with Gasteiger partial charge in [0.2, 0.25) is 5.88 Å². The minimum Gasteiger partial charge on any atom is -0.473 e. The Balaban J connectivity index is 1.53. The summed E-state index contributed by atoms with van der Waals surface area (Å²) in [6, 6.07) is 9.49. The van der Waals surface area contributed by atoms with Crippen molar-refractivity contribution in [2.24, 2.45) is 0 Å². The molecule has 0 bridgehead atoms. The summed E-state index contributed by atoms with van der Waals surface area (Å²) in [5.41, 5.74) is 1.38. The molecule has 4 nitrogen and oxygen atoms in total. The molecule has 0 aliphatic carbocycles. The van der Waals surface area contributed by atoms with E-state index < -0.39 is 0 Å². The van der Waals surface area contributed by atoms with Gasteiger partial charge < -0.3 is 9.64 Å². The topological polar surface area (TPSA) is 42.4 Å². The first-order valence-electron chi connectivity index (χ1n) is 8.50. The average molecular weight is 340 g/mol. The van der Waals surface area contributed by atoms with Gasteiger partial charge in [0.05, 0.1) is 0 Å². The number of benzene rings is 1. The summed E-state index contributed by atoms with van der Waals surface area (Å²) in [7, 11) is 0. The fourth-order valence-electron chi connectivity index (χ4n) is 2.69. The zero-order chi connectivity index (χ0) is 17.5. The Morgan fingerprint density at radius 3 is 2.56 bits per heavy atom. The second-order valence-electron chi connectivity index (χ2n) is 6.08. The van der Waals surface area contributed by atoms with Crippen LogP contribution in [0.2, 0.25) is 0 Å². The Labute approximate surface area is 146 Å². The zero-order valence-electron chi connectivity index (χ0n) is 14.0. The molecule has 2 aromatic rings. The number of allylic oxidation sites excluding steroid dienone is 1. The maximum atomic E-state index is 12.9. The second kappa shape index (κ2) is 8.42. The molecular formula is C20H21FN2O2. The molecule has 1 saturated heterocycles.